The monoisotopic (exact) mass is 276 g/mol. The number of hydrogen-bond donors (Lipinski definition) is 2. The van der Waals surface area contributed by atoms with Gasteiger partial charge in [0, 0.05) is 37.2 Å². The van der Waals surface area contributed by atoms with Gasteiger partial charge in [0.05, 0.1) is 0 Å². The first kappa shape index (κ1) is 14.4. The summed E-state index contributed by atoms with van der Waals surface area (Å²) < 4.78 is 0. The maximum atomic E-state index is 12.4. The molecule has 1 saturated heterocycles. The average Bonchev–Trinajstić information content (AvgIpc) is 2.41. The summed E-state index contributed by atoms with van der Waals surface area (Å²) in [6, 6.07) is 5.15. The number of benzene rings is 1. The lowest BCUT2D eigenvalue weighted by Gasteiger charge is -2.32. The molecule has 0 spiro atoms. The number of aromatic hydroxyl groups is 1. The highest BCUT2D eigenvalue weighted by atomic mass is 16.3. The number of amides is 2. The third kappa shape index (κ3) is 3.10. The van der Waals surface area contributed by atoms with Gasteiger partial charge < -0.3 is 15.3 Å². The van der Waals surface area contributed by atoms with Crippen molar-refractivity contribution in [2.24, 2.45) is 0 Å². The fourth-order valence-electron chi connectivity index (χ4n) is 2.54. The first-order valence-corrected chi connectivity index (χ1v) is 6.84. The summed E-state index contributed by atoms with van der Waals surface area (Å²) in [6.07, 6.45) is 1.53. The minimum atomic E-state index is -0.0559. The van der Waals surface area contributed by atoms with Gasteiger partial charge in [-0.1, -0.05) is 6.07 Å². The number of hydrogen-bond acceptors (Lipinski definition) is 3. The Labute approximate surface area is 118 Å². The van der Waals surface area contributed by atoms with E-state index in [1.54, 1.807) is 30.0 Å². The zero-order valence-corrected chi connectivity index (χ0v) is 11.8. The first-order valence-electron chi connectivity index (χ1n) is 6.84. The van der Waals surface area contributed by atoms with E-state index in [4.69, 9.17) is 0 Å². The Morgan fingerprint density at radius 3 is 2.55 bits per heavy atom. The Hall–Kier alpha value is -2.04. The van der Waals surface area contributed by atoms with Gasteiger partial charge in [0.1, 0.15) is 5.75 Å². The fourth-order valence-corrected chi connectivity index (χ4v) is 2.54. The molecule has 0 atom stereocenters. The predicted octanol–water partition coefficient (Wildman–Crippen LogP) is 1.44. The van der Waals surface area contributed by atoms with Gasteiger partial charge in [-0.2, -0.15) is 0 Å². The van der Waals surface area contributed by atoms with E-state index < -0.39 is 0 Å². The van der Waals surface area contributed by atoms with Crippen LogP contribution >= 0.6 is 0 Å². The van der Waals surface area contributed by atoms with Crippen LogP contribution in [0.15, 0.2) is 18.2 Å². The molecule has 1 aliphatic rings. The Balaban J connectivity index is 2.02. The summed E-state index contributed by atoms with van der Waals surface area (Å²) in [5.41, 5.74) is 1.16. The number of likely N-dealkylation sites (tertiary alicyclic amines) is 1. The van der Waals surface area contributed by atoms with Crippen molar-refractivity contribution < 1.29 is 14.7 Å². The second-order valence-electron chi connectivity index (χ2n) is 5.22. The third-order valence-corrected chi connectivity index (χ3v) is 3.73. The molecular formula is C15H20N2O3. The molecule has 0 saturated carbocycles. The largest absolute Gasteiger partial charge is 0.508 e. The van der Waals surface area contributed by atoms with Gasteiger partial charge in [-0.15, -0.1) is 0 Å². The van der Waals surface area contributed by atoms with Gasteiger partial charge in [-0.3, -0.25) is 9.59 Å². The normalized spacial score (nSPS) is 16.0. The van der Waals surface area contributed by atoms with E-state index in [1.165, 1.54) is 6.92 Å². The van der Waals surface area contributed by atoms with Gasteiger partial charge in [-0.05, 0) is 31.9 Å². The second kappa shape index (κ2) is 5.94. The number of piperidine rings is 1. The van der Waals surface area contributed by atoms with Crippen LogP contribution in [0, 0.1) is 6.92 Å². The number of phenols is 1. The predicted molar refractivity (Wildman–Crippen MR) is 75.6 cm³/mol. The lowest BCUT2D eigenvalue weighted by atomic mass is 10.0. The van der Waals surface area contributed by atoms with Crippen LogP contribution in [0.1, 0.15) is 35.7 Å². The van der Waals surface area contributed by atoms with E-state index in [0.29, 0.717) is 24.2 Å². The van der Waals surface area contributed by atoms with E-state index in [9.17, 15) is 14.7 Å². The highest BCUT2D eigenvalue weighted by Gasteiger charge is 2.25. The zero-order chi connectivity index (χ0) is 14.7. The smallest absolute Gasteiger partial charge is 0.254 e. The van der Waals surface area contributed by atoms with Crippen molar-refractivity contribution in [2.75, 3.05) is 13.1 Å². The zero-order valence-electron chi connectivity index (χ0n) is 11.8. The molecule has 108 valence electrons. The van der Waals surface area contributed by atoms with Crippen LogP contribution < -0.4 is 5.32 Å². The van der Waals surface area contributed by atoms with Gasteiger partial charge in [0.25, 0.3) is 5.91 Å². The van der Waals surface area contributed by atoms with Crippen LogP contribution in [0.2, 0.25) is 0 Å². The van der Waals surface area contributed by atoms with E-state index >= 15 is 0 Å². The summed E-state index contributed by atoms with van der Waals surface area (Å²) >= 11 is 0. The molecule has 1 aromatic carbocycles. The van der Waals surface area contributed by atoms with Crippen LogP contribution in [-0.2, 0) is 4.79 Å². The summed E-state index contributed by atoms with van der Waals surface area (Å²) in [6.45, 7) is 4.50. The standard InChI is InChI=1S/C15H20N2O3/c1-10-13(4-3-5-14(10)19)15(20)17-8-6-12(7-9-17)16-11(2)18/h3-5,12,19H,6-9H2,1-2H3,(H,16,18). The maximum absolute atomic E-state index is 12.4. The molecule has 5 nitrogen and oxygen atoms in total. The Morgan fingerprint density at radius 2 is 1.95 bits per heavy atom. The number of carbonyl (C=O) groups excluding carboxylic acids is 2. The minimum absolute atomic E-state index is 0.0291. The molecule has 1 aliphatic heterocycles. The van der Waals surface area contributed by atoms with E-state index in [0.717, 1.165) is 12.8 Å². The lowest BCUT2D eigenvalue weighted by molar-refractivity contribution is -0.119. The van der Waals surface area contributed by atoms with Gasteiger partial charge in [0.2, 0.25) is 5.91 Å². The number of nitrogens with zero attached hydrogens (tertiary/aromatic N) is 1. The van der Waals surface area contributed by atoms with Crippen LogP contribution in [-0.4, -0.2) is 41.0 Å². The quantitative estimate of drug-likeness (QED) is 0.858. The van der Waals surface area contributed by atoms with Crippen molar-refractivity contribution in [3.05, 3.63) is 29.3 Å². The maximum Gasteiger partial charge on any atom is 0.254 e. The van der Waals surface area contributed by atoms with Crippen molar-refractivity contribution in [3.63, 3.8) is 0 Å². The highest BCUT2D eigenvalue weighted by Crippen LogP contribution is 2.22. The van der Waals surface area contributed by atoms with E-state index in [-0.39, 0.29) is 23.6 Å². The van der Waals surface area contributed by atoms with Crippen molar-refractivity contribution in [1.29, 1.82) is 0 Å². The van der Waals surface area contributed by atoms with E-state index in [1.807, 2.05) is 0 Å². The molecule has 1 heterocycles. The molecule has 0 bridgehead atoms. The third-order valence-electron chi connectivity index (χ3n) is 3.73. The van der Waals surface area contributed by atoms with Crippen LogP contribution in [0.25, 0.3) is 0 Å². The lowest BCUT2D eigenvalue weighted by Crippen LogP contribution is -2.46. The van der Waals surface area contributed by atoms with Gasteiger partial charge in [0.15, 0.2) is 0 Å². The Kier molecular flexibility index (Phi) is 4.27. The first-order chi connectivity index (χ1) is 9.49. The minimum Gasteiger partial charge on any atom is -0.508 e. The van der Waals surface area contributed by atoms with Crippen molar-refractivity contribution in [2.45, 2.75) is 32.7 Å². The average molecular weight is 276 g/mol. The molecule has 0 aliphatic carbocycles. The van der Waals surface area contributed by atoms with Crippen molar-refractivity contribution in [3.8, 4) is 5.75 Å². The number of nitrogens with one attached hydrogen (secondary N) is 1. The van der Waals surface area contributed by atoms with Crippen molar-refractivity contribution in [1.82, 2.24) is 10.2 Å². The summed E-state index contributed by atoms with van der Waals surface area (Å²) in [4.78, 5) is 25.2. The topological polar surface area (TPSA) is 69.6 Å². The summed E-state index contributed by atoms with van der Waals surface area (Å²) in [7, 11) is 0. The molecule has 20 heavy (non-hydrogen) atoms. The SMILES string of the molecule is CC(=O)NC1CCN(C(=O)c2cccc(O)c2C)CC1. The van der Waals surface area contributed by atoms with Gasteiger partial charge in [-0.25, -0.2) is 0 Å². The molecule has 1 aromatic rings. The Morgan fingerprint density at radius 1 is 1.30 bits per heavy atom. The van der Waals surface area contributed by atoms with Crippen LogP contribution in [0.3, 0.4) is 0 Å². The highest BCUT2D eigenvalue weighted by molar-refractivity contribution is 5.96. The number of carbonyl (C=O) groups is 2. The second-order valence-corrected chi connectivity index (χ2v) is 5.22. The number of phenolic OH excluding ortho intramolecular Hbond substituents is 1. The molecule has 2 rings (SSSR count). The molecule has 0 aromatic heterocycles. The molecule has 0 radical (unpaired) electrons. The van der Waals surface area contributed by atoms with Crippen LogP contribution in [0.5, 0.6) is 5.75 Å². The molecule has 0 unspecified atom stereocenters. The molecule has 2 N–H and O–H groups in total. The number of rotatable bonds is 2. The fraction of sp³-hybridized carbons (Fsp3) is 0.467. The van der Waals surface area contributed by atoms with Gasteiger partial charge >= 0.3 is 0 Å². The summed E-state index contributed by atoms with van der Waals surface area (Å²) in [5.74, 6) is 0.0576. The van der Waals surface area contributed by atoms with Crippen molar-refractivity contribution >= 4 is 11.8 Å². The van der Waals surface area contributed by atoms with Crippen LogP contribution in [0.4, 0.5) is 0 Å². The summed E-state index contributed by atoms with van der Waals surface area (Å²) in [5, 5.41) is 12.6. The molecular weight excluding hydrogens is 256 g/mol. The molecule has 2 amide bonds. The Bertz CT molecular complexity index is 520. The molecule has 5 heteroatoms. The van der Waals surface area contributed by atoms with E-state index in [2.05, 4.69) is 5.32 Å². The molecule has 1 fully saturated rings.